The molecule has 0 N–H and O–H groups in total. The molecule has 0 aliphatic rings. The van der Waals surface area contributed by atoms with Gasteiger partial charge in [-0.05, 0) is 50.0 Å². The quantitative estimate of drug-likeness (QED) is 0.543. The number of hydrogen-bond donors (Lipinski definition) is 0. The van der Waals surface area contributed by atoms with Crippen LogP contribution in [0, 0.1) is 13.8 Å². The molecule has 0 saturated carbocycles. The van der Waals surface area contributed by atoms with Gasteiger partial charge in [0.15, 0.2) is 5.78 Å². The number of carbonyl (C=O) groups excluding carboxylic acids is 1. The van der Waals surface area contributed by atoms with Crippen molar-refractivity contribution < 1.29 is 4.79 Å². The summed E-state index contributed by atoms with van der Waals surface area (Å²) in [5, 5.41) is 0. The monoisotopic (exact) mass is 242 g/mol. The molecule has 0 spiro atoms. The molecule has 1 aromatic rings. The summed E-state index contributed by atoms with van der Waals surface area (Å²) in [4.78, 5) is 11.7. The molecule has 1 heteroatoms. The van der Waals surface area contributed by atoms with E-state index in [1.165, 1.54) is 16.7 Å². The summed E-state index contributed by atoms with van der Waals surface area (Å²) in [6, 6.07) is 6.36. The SMILES string of the molecule is C=C(/C=C(\C)c1cc(C)ccc1C)C(=O)CCC. The summed E-state index contributed by atoms with van der Waals surface area (Å²) in [7, 11) is 0. The predicted octanol–water partition coefficient (Wildman–Crippen LogP) is 4.63. The van der Waals surface area contributed by atoms with E-state index in [1.807, 2.05) is 19.9 Å². The summed E-state index contributed by atoms with van der Waals surface area (Å²) in [6.07, 6.45) is 3.35. The van der Waals surface area contributed by atoms with Crippen LogP contribution in [0.2, 0.25) is 0 Å². The number of Topliss-reactive ketones (excluding diaryl/α,β-unsaturated/α-hetero) is 1. The van der Waals surface area contributed by atoms with Crippen molar-refractivity contribution in [3.63, 3.8) is 0 Å². The van der Waals surface area contributed by atoms with Gasteiger partial charge in [0.2, 0.25) is 0 Å². The summed E-state index contributed by atoms with van der Waals surface area (Å²) < 4.78 is 0. The van der Waals surface area contributed by atoms with Crippen LogP contribution < -0.4 is 0 Å². The van der Waals surface area contributed by atoms with E-state index in [4.69, 9.17) is 0 Å². The number of carbonyl (C=O) groups is 1. The molecule has 1 nitrogen and oxygen atoms in total. The molecule has 0 aromatic heterocycles. The maximum Gasteiger partial charge on any atom is 0.162 e. The van der Waals surface area contributed by atoms with Crippen LogP contribution in [0.25, 0.3) is 5.57 Å². The van der Waals surface area contributed by atoms with Gasteiger partial charge >= 0.3 is 0 Å². The molecule has 0 amide bonds. The summed E-state index contributed by atoms with van der Waals surface area (Å²) in [6.45, 7) is 12.1. The molecule has 0 saturated heterocycles. The van der Waals surface area contributed by atoms with Gasteiger partial charge < -0.3 is 0 Å². The van der Waals surface area contributed by atoms with Crippen molar-refractivity contribution >= 4 is 11.4 Å². The second kappa shape index (κ2) is 6.34. The van der Waals surface area contributed by atoms with Crippen LogP contribution in [-0.2, 0) is 4.79 Å². The molecule has 0 aliphatic carbocycles. The zero-order valence-corrected chi connectivity index (χ0v) is 11.8. The van der Waals surface area contributed by atoms with Gasteiger partial charge in [0, 0.05) is 12.0 Å². The fourth-order valence-corrected chi connectivity index (χ4v) is 1.97. The molecule has 0 atom stereocenters. The lowest BCUT2D eigenvalue weighted by atomic mass is 9.97. The zero-order chi connectivity index (χ0) is 13.7. The van der Waals surface area contributed by atoms with Gasteiger partial charge in [0.25, 0.3) is 0 Å². The Bertz CT molecular complexity index is 492. The van der Waals surface area contributed by atoms with E-state index in [9.17, 15) is 4.79 Å². The molecule has 1 rings (SSSR count). The molecule has 0 aliphatic heterocycles. The molecule has 96 valence electrons. The molecule has 0 bridgehead atoms. The Morgan fingerprint density at radius 3 is 2.61 bits per heavy atom. The maximum atomic E-state index is 11.7. The van der Waals surface area contributed by atoms with Gasteiger partial charge in [-0.3, -0.25) is 4.79 Å². The average Bonchev–Trinajstić information content (AvgIpc) is 2.32. The minimum atomic E-state index is 0.141. The minimum absolute atomic E-state index is 0.141. The van der Waals surface area contributed by atoms with E-state index in [0.29, 0.717) is 12.0 Å². The van der Waals surface area contributed by atoms with Crippen molar-refractivity contribution in [2.45, 2.75) is 40.5 Å². The summed E-state index contributed by atoms with van der Waals surface area (Å²) in [5.41, 5.74) is 5.36. The fraction of sp³-hybridized carbons (Fsp3) is 0.353. The normalized spacial score (nSPS) is 11.4. The van der Waals surface area contributed by atoms with Crippen LogP contribution in [-0.4, -0.2) is 5.78 Å². The Balaban J connectivity index is 2.99. The highest BCUT2D eigenvalue weighted by Crippen LogP contribution is 2.21. The third kappa shape index (κ3) is 3.69. The lowest BCUT2D eigenvalue weighted by Crippen LogP contribution is -1.99. The second-order valence-electron chi connectivity index (χ2n) is 4.84. The van der Waals surface area contributed by atoms with Crippen LogP contribution >= 0.6 is 0 Å². The van der Waals surface area contributed by atoms with Crippen molar-refractivity contribution in [3.8, 4) is 0 Å². The first-order chi connectivity index (χ1) is 8.45. The summed E-state index contributed by atoms with van der Waals surface area (Å²) >= 11 is 0. The van der Waals surface area contributed by atoms with E-state index in [2.05, 4.69) is 38.6 Å². The highest BCUT2D eigenvalue weighted by molar-refractivity contribution is 5.99. The molecule has 0 heterocycles. The van der Waals surface area contributed by atoms with Crippen molar-refractivity contribution in [2.24, 2.45) is 0 Å². The number of ketones is 1. The lowest BCUT2D eigenvalue weighted by Gasteiger charge is -2.08. The largest absolute Gasteiger partial charge is 0.294 e. The molecule has 0 fully saturated rings. The van der Waals surface area contributed by atoms with E-state index < -0.39 is 0 Å². The van der Waals surface area contributed by atoms with Crippen LogP contribution in [0.3, 0.4) is 0 Å². The van der Waals surface area contributed by atoms with Crippen molar-refractivity contribution in [1.82, 2.24) is 0 Å². The highest BCUT2D eigenvalue weighted by Gasteiger charge is 2.06. The van der Waals surface area contributed by atoms with Gasteiger partial charge in [-0.25, -0.2) is 0 Å². The predicted molar refractivity (Wildman–Crippen MR) is 78.6 cm³/mol. The number of rotatable bonds is 5. The standard InChI is InChI=1S/C17H22O/c1-6-7-17(18)15(5)11-14(4)16-10-12(2)8-9-13(16)3/h8-11H,5-7H2,1-4H3/b14-11+. The van der Waals surface area contributed by atoms with Gasteiger partial charge in [0.1, 0.15) is 0 Å². The molecule has 0 radical (unpaired) electrons. The number of benzene rings is 1. The molecule has 1 aromatic carbocycles. The lowest BCUT2D eigenvalue weighted by molar-refractivity contribution is -0.115. The average molecular weight is 242 g/mol. The van der Waals surface area contributed by atoms with E-state index in [-0.39, 0.29) is 5.78 Å². The van der Waals surface area contributed by atoms with Crippen molar-refractivity contribution in [3.05, 3.63) is 53.1 Å². The third-order valence-electron chi connectivity index (χ3n) is 3.04. The van der Waals surface area contributed by atoms with Crippen LogP contribution in [0.15, 0.2) is 36.4 Å². The first kappa shape index (κ1) is 14.4. The van der Waals surface area contributed by atoms with Gasteiger partial charge in [-0.1, -0.05) is 37.3 Å². The summed E-state index contributed by atoms with van der Waals surface area (Å²) in [5.74, 6) is 0.141. The second-order valence-corrected chi connectivity index (χ2v) is 4.84. The first-order valence-corrected chi connectivity index (χ1v) is 6.43. The third-order valence-corrected chi connectivity index (χ3v) is 3.04. The topological polar surface area (TPSA) is 17.1 Å². The van der Waals surface area contributed by atoms with Gasteiger partial charge in [-0.2, -0.15) is 0 Å². The molecule has 0 unspecified atom stereocenters. The molecular formula is C17H22O. The number of hydrogen-bond acceptors (Lipinski definition) is 1. The maximum absolute atomic E-state index is 11.7. The number of allylic oxidation sites excluding steroid dienone is 3. The molecular weight excluding hydrogens is 220 g/mol. The van der Waals surface area contributed by atoms with Crippen LogP contribution in [0.1, 0.15) is 43.4 Å². The van der Waals surface area contributed by atoms with E-state index in [0.717, 1.165) is 12.0 Å². The van der Waals surface area contributed by atoms with E-state index in [1.54, 1.807) is 0 Å². The molecule has 18 heavy (non-hydrogen) atoms. The first-order valence-electron chi connectivity index (χ1n) is 6.43. The fourth-order valence-electron chi connectivity index (χ4n) is 1.97. The van der Waals surface area contributed by atoms with Crippen LogP contribution in [0.4, 0.5) is 0 Å². The van der Waals surface area contributed by atoms with Crippen LogP contribution in [0.5, 0.6) is 0 Å². The Hall–Kier alpha value is -1.63. The van der Waals surface area contributed by atoms with Gasteiger partial charge in [0.05, 0.1) is 0 Å². The Morgan fingerprint density at radius 2 is 2.00 bits per heavy atom. The number of aryl methyl sites for hydroxylation is 2. The van der Waals surface area contributed by atoms with E-state index >= 15 is 0 Å². The van der Waals surface area contributed by atoms with Crippen molar-refractivity contribution in [2.75, 3.05) is 0 Å². The Morgan fingerprint density at radius 1 is 1.33 bits per heavy atom. The van der Waals surface area contributed by atoms with Gasteiger partial charge in [-0.15, -0.1) is 0 Å². The van der Waals surface area contributed by atoms with Crippen molar-refractivity contribution in [1.29, 1.82) is 0 Å². The minimum Gasteiger partial charge on any atom is -0.294 e. The highest BCUT2D eigenvalue weighted by atomic mass is 16.1. The smallest absolute Gasteiger partial charge is 0.162 e. The Labute approximate surface area is 110 Å². The Kier molecular flexibility index (Phi) is 5.08. The zero-order valence-electron chi connectivity index (χ0n) is 11.8.